The fourth-order valence-electron chi connectivity index (χ4n) is 2.87. The largest absolute Gasteiger partial charge is 0.488 e. The van der Waals surface area contributed by atoms with Gasteiger partial charge in [0.15, 0.2) is 0 Å². The van der Waals surface area contributed by atoms with E-state index in [9.17, 15) is 14.0 Å². The molecule has 2 aromatic rings. The zero-order valence-electron chi connectivity index (χ0n) is 15.2. The molecule has 0 spiro atoms. The minimum Gasteiger partial charge on any atom is -0.488 e. The molecule has 0 radical (unpaired) electrons. The summed E-state index contributed by atoms with van der Waals surface area (Å²) in [5.41, 5.74) is 1.35. The molecule has 0 aliphatic heterocycles. The van der Waals surface area contributed by atoms with E-state index in [-0.39, 0.29) is 28.3 Å². The van der Waals surface area contributed by atoms with Crippen molar-refractivity contribution >= 4 is 35.2 Å². The Bertz CT molecular complexity index is 1040. The van der Waals surface area contributed by atoms with Crippen LogP contribution < -0.4 is 10.1 Å². The van der Waals surface area contributed by atoms with Crippen molar-refractivity contribution in [3.63, 3.8) is 0 Å². The number of allylic oxidation sites excluding steroid dienone is 2. The first-order chi connectivity index (χ1) is 13.9. The number of carbonyl (C=O) groups is 2. The third-order valence-electron chi connectivity index (χ3n) is 4.33. The number of anilines is 1. The highest BCUT2D eigenvalue weighted by Crippen LogP contribution is 2.28. The van der Waals surface area contributed by atoms with Crippen LogP contribution in [0.15, 0.2) is 66.3 Å². The van der Waals surface area contributed by atoms with Gasteiger partial charge in [0.2, 0.25) is 0 Å². The number of carbonyl (C=O) groups excluding carboxylic acids is 1. The summed E-state index contributed by atoms with van der Waals surface area (Å²) in [6.07, 6.45) is 4.97. The van der Waals surface area contributed by atoms with Crippen LogP contribution in [0.5, 0.6) is 5.75 Å². The molecule has 0 aromatic heterocycles. The van der Waals surface area contributed by atoms with Crippen molar-refractivity contribution in [2.24, 2.45) is 0 Å². The van der Waals surface area contributed by atoms with Crippen LogP contribution >= 0.6 is 11.6 Å². The Balaban J connectivity index is 1.74. The zero-order valence-corrected chi connectivity index (χ0v) is 16.0. The van der Waals surface area contributed by atoms with Crippen LogP contribution in [0.3, 0.4) is 0 Å². The lowest BCUT2D eigenvalue weighted by molar-refractivity contribution is -0.132. The quantitative estimate of drug-likeness (QED) is 0.671. The summed E-state index contributed by atoms with van der Waals surface area (Å²) in [5, 5.41) is 12.1. The number of nitrogens with one attached hydrogen (secondary N) is 1. The van der Waals surface area contributed by atoms with Crippen LogP contribution in [0.4, 0.5) is 10.1 Å². The number of halogens is 2. The van der Waals surface area contributed by atoms with Gasteiger partial charge in [0.1, 0.15) is 18.2 Å². The average molecular weight is 414 g/mol. The van der Waals surface area contributed by atoms with E-state index in [1.54, 1.807) is 30.3 Å². The van der Waals surface area contributed by atoms with E-state index in [1.165, 1.54) is 24.3 Å². The maximum absolute atomic E-state index is 13.9. The minimum atomic E-state index is -1.15. The number of benzene rings is 2. The second-order valence-electron chi connectivity index (χ2n) is 6.18. The molecule has 0 bridgehead atoms. The summed E-state index contributed by atoms with van der Waals surface area (Å²) < 4.78 is 19.6. The molecule has 0 atom stereocenters. The molecule has 1 aliphatic carbocycles. The number of carboxylic acid groups (broad SMARTS) is 1. The molecule has 0 fully saturated rings. The minimum absolute atomic E-state index is 0.0202. The number of amides is 1. The van der Waals surface area contributed by atoms with Gasteiger partial charge in [0.25, 0.3) is 5.91 Å². The van der Waals surface area contributed by atoms with Gasteiger partial charge in [-0.15, -0.1) is 0 Å². The molecule has 1 amide bonds. The van der Waals surface area contributed by atoms with Crippen LogP contribution in [-0.4, -0.2) is 17.0 Å². The standard InChI is InChI=1S/C22H17ClFNO4/c1-2-13-11-14(25-21(26)15-5-3-6-16(15)22(27)28)9-10-20(13)29-12-17-18(23)7-4-8-19(17)24/h2,4-11H,1,3,12H2,(H,25,26)(H,27,28). The van der Waals surface area contributed by atoms with E-state index in [2.05, 4.69) is 11.9 Å². The first-order valence-electron chi connectivity index (χ1n) is 8.68. The molecule has 2 N–H and O–H groups in total. The predicted octanol–water partition coefficient (Wildman–Crippen LogP) is 4.98. The Morgan fingerprint density at radius 1 is 1.24 bits per heavy atom. The van der Waals surface area contributed by atoms with Gasteiger partial charge in [0, 0.05) is 16.8 Å². The lowest BCUT2D eigenvalue weighted by atomic mass is 10.1. The van der Waals surface area contributed by atoms with Crippen molar-refractivity contribution in [1.29, 1.82) is 0 Å². The number of carboxylic acids is 1. The fourth-order valence-corrected chi connectivity index (χ4v) is 3.09. The summed E-state index contributed by atoms with van der Waals surface area (Å²) in [5.74, 6) is -1.69. The third kappa shape index (κ3) is 4.55. The van der Waals surface area contributed by atoms with E-state index in [1.807, 2.05) is 0 Å². The molecule has 7 heteroatoms. The van der Waals surface area contributed by atoms with E-state index in [0.29, 0.717) is 23.4 Å². The van der Waals surface area contributed by atoms with Gasteiger partial charge < -0.3 is 15.2 Å². The van der Waals surface area contributed by atoms with Crippen molar-refractivity contribution < 1.29 is 23.8 Å². The van der Waals surface area contributed by atoms with Crippen LogP contribution in [0.1, 0.15) is 17.5 Å². The lowest BCUT2D eigenvalue weighted by Crippen LogP contribution is -2.18. The normalized spacial score (nSPS) is 12.8. The van der Waals surface area contributed by atoms with Crippen molar-refractivity contribution in [1.82, 2.24) is 0 Å². The van der Waals surface area contributed by atoms with Crippen LogP contribution in [0.2, 0.25) is 5.02 Å². The van der Waals surface area contributed by atoms with Gasteiger partial charge in [-0.2, -0.15) is 0 Å². The van der Waals surface area contributed by atoms with Gasteiger partial charge in [-0.05, 0) is 36.8 Å². The van der Waals surface area contributed by atoms with Crippen molar-refractivity contribution in [2.45, 2.75) is 13.0 Å². The lowest BCUT2D eigenvalue weighted by Gasteiger charge is -2.13. The number of aliphatic carboxylic acids is 1. The summed E-state index contributed by atoms with van der Waals surface area (Å²) in [7, 11) is 0. The zero-order chi connectivity index (χ0) is 21.0. The van der Waals surface area contributed by atoms with Gasteiger partial charge in [-0.3, -0.25) is 4.79 Å². The molecule has 0 unspecified atom stereocenters. The molecule has 0 heterocycles. The monoisotopic (exact) mass is 413 g/mol. The van der Waals surface area contributed by atoms with E-state index in [4.69, 9.17) is 21.4 Å². The first-order valence-corrected chi connectivity index (χ1v) is 9.06. The fraction of sp³-hybridized carbons (Fsp3) is 0.0909. The van der Waals surface area contributed by atoms with Gasteiger partial charge in [-0.1, -0.05) is 42.5 Å². The molecule has 1 aliphatic rings. The Kier molecular flexibility index (Phi) is 6.14. The number of hydrogen-bond donors (Lipinski definition) is 2. The van der Waals surface area contributed by atoms with Gasteiger partial charge in [-0.25, -0.2) is 9.18 Å². The Morgan fingerprint density at radius 3 is 2.69 bits per heavy atom. The van der Waals surface area contributed by atoms with E-state index in [0.717, 1.165) is 0 Å². The number of rotatable bonds is 7. The smallest absolute Gasteiger partial charge is 0.336 e. The number of ether oxygens (including phenoxy) is 1. The van der Waals surface area contributed by atoms with Crippen molar-refractivity contribution in [3.05, 3.63) is 88.2 Å². The summed E-state index contributed by atoms with van der Waals surface area (Å²) >= 11 is 6.01. The second kappa shape index (κ2) is 8.75. The molecule has 29 heavy (non-hydrogen) atoms. The first kappa shape index (κ1) is 20.4. The highest BCUT2D eigenvalue weighted by molar-refractivity contribution is 6.31. The molecule has 0 saturated heterocycles. The molecule has 0 saturated carbocycles. The molecular formula is C22H17ClFNO4. The summed E-state index contributed by atoms with van der Waals surface area (Å²) in [4.78, 5) is 23.6. The van der Waals surface area contributed by atoms with Crippen LogP contribution in [0, 0.1) is 5.82 Å². The Labute approximate surface area is 171 Å². The molecular weight excluding hydrogens is 397 g/mol. The van der Waals surface area contributed by atoms with Gasteiger partial charge in [0.05, 0.1) is 16.2 Å². The third-order valence-corrected chi connectivity index (χ3v) is 4.68. The summed E-state index contributed by atoms with van der Waals surface area (Å²) in [6, 6.07) is 9.23. The Morgan fingerprint density at radius 2 is 2.00 bits per heavy atom. The second-order valence-corrected chi connectivity index (χ2v) is 6.58. The van der Waals surface area contributed by atoms with Crippen molar-refractivity contribution in [3.8, 4) is 5.75 Å². The SMILES string of the molecule is C=Cc1cc(NC(=O)C2=CCC=C2C(=O)O)ccc1OCc1c(F)cccc1Cl. The molecule has 3 rings (SSSR count). The molecule has 148 valence electrons. The summed E-state index contributed by atoms with van der Waals surface area (Å²) in [6.45, 7) is 3.65. The van der Waals surface area contributed by atoms with Crippen LogP contribution in [-0.2, 0) is 16.2 Å². The predicted molar refractivity (Wildman–Crippen MR) is 109 cm³/mol. The highest BCUT2D eigenvalue weighted by atomic mass is 35.5. The molecule has 2 aromatic carbocycles. The van der Waals surface area contributed by atoms with Crippen molar-refractivity contribution in [2.75, 3.05) is 5.32 Å². The maximum atomic E-state index is 13.9. The Hall–Kier alpha value is -3.38. The average Bonchev–Trinajstić information content (AvgIpc) is 3.18. The van der Waals surface area contributed by atoms with E-state index < -0.39 is 17.7 Å². The maximum Gasteiger partial charge on any atom is 0.336 e. The van der Waals surface area contributed by atoms with Crippen LogP contribution in [0.25, 0.3) is 6.08 Å². The van der Waals surface area contributed by atoms with E-state index >= 15 is 0 Å². The topological polar surface area (TPSA) is 75.6 Å². The highest BCUT2D eigenvalue weighted by Gasteiger charge is 2.23. The van der Waals surface area contributed by atoms with Gasteiger partial charge >= 0.3 is 5.97 Å². The number of hydrogen-bond acceptors (Lipinski definition) is 3. The molecule has 5 nitrogen and oxygen atoms in total.